The lowest BCUT2D eigenvalue weighted by molar-refractivity contribution is 0.767. The minimum atomic E-state index is 0.832. The van der Waals surface area contributed by atoms with Gasteiger partial charge in [-0.05, 0) is 49.9 Å². The van der Waals surface area contributed by atoms with Crippen LogP contribution in [0.3, 0.4) is 0 Å². The zero-order chi connectivity index (χ0) is 12.3. The topological polar surface area (TPSA) is 42.7 Å². The van der Waals surface area contributed by atoms with Gasteiger partial charge in [0.15, 0.2) is 0 Å². The predicted octanol–water partition coefficient (Wildman–Crippen LogP) is 2.99. The Morgan fingerprint density at radius 2 is 2.18 bits per heavy atom. The standard InChI is InChI=1S/C11H12Br2N4/c1-17-7-8(5-16-17)2-3-14-11-10(13)4-9(12)6-15-11/h4-7H,2-3H2,1H3,(H,14,15). The summed E-state index contributed by atoms with van der Waals surface area (Å²) >= 11 is 6.84. The second-order valence-corrected chi connectivity index (χ2v) is 5.45. The molecule has 0 aliphatic heterocycles. The molecule has 0 atom stereocenters. The number of pyridine rings is 1. The fraction of sp³-hybridized carbons (Fsp3) is 0.273. The van der Waals surface area contributed by atoms with Crippen molar-refractivity contribution in [3.63, 3.8) is 0 Å². The van der Waals surface area contributed by atoms with Gasteiger partial charge >= 0.3 is 0 Å². The van der Waals surface area contributed by atoms with Crippen molar-refractivity contribution >= 4 is 37.7 Å². The van der Waals surface area contributed by atoms with Crippen LogP contribution in [0.1, 0.15) is 5.56 Å². The molecule has 0 aliphatic carbocycles. The summed E-state index contributed by atoms with van der Waals surface area (Å²) in [6.07, 6.45) is 6.60. The molecule has 0 saturated carbocycles. The molecule has 0 spiro atoms. The van der Waals surface area contributed by atoms with Crippen LogP contribution >= 0.6 is 31.9 Å². The van der Waals surface area contributed by atoms with E-state index in [1.54, 1.807) is 6.20 Å². The number of aromatic nitrogens is 3. The van der Waals surface area contributed by atoms with E-state index >= 15 is 0 Å². The summed E-state index contributed by atoms with van der Waals surface area (Å²) in [7, 11) is 1.92. The summed E-state index contributed by atoms with van der Waals surface area (Å²) in [6, 6.07) is 1.97. The highest BCUT2D eigenvalue weighted by Crippen LogP contribution is 2.23. The van der Waals surface area contributed by atoms with Gasteiger partial charge in [-0.15, -0.1) is 0 Å². The Morgan fingerprint density at radius 3 is 2.82 bits per heavy atom. The lowest BCUT2D eigenvalue weighted by Gasteiger charge is -2.06. The van der Waals surface area contributed by atoms with E-state index in [-0.39, 0.29) is 0 Å². The fourth-order valence-electron chi connectivity index (χ4n) is 1.47. The normalized spacial score (nSPS) is 10.5. The number of anilines is 1. The van der Waals surface area contributed by atoms with Crippen molar-refractivity contribution in [1.82, 2.24) is 14.8 Å². The Morgan fingerprint density at radius 1 is 1.35 bits per heavy atom. The third-order valence-electron chi connectivity index (χ3n) is 2.27. The molecule has 0 radical (unpaired) electrons. The molecule has 2 heterocycles. The van der Waals surface area contributed by atoms with E-state index in [0.29, 0.717) is 0 Å². The first-order valence-corrected chi connectivity index (χ1v) is 6.76. The molecule has 2 aromatic heterocycles. The first-order chi connectivity index (χ1) is 8.15. The van der Waals surface area contributed by atoms with Gasteiger partial charge in [0.1, 0.15) is 5.82 Å². The van der Waals surface area contributed by atoms with E-state index in [0.717, 1.165) is 27.7 Å². The predicted molar refractivity (Wildman–Crippen MR) is 75.0 cm³/mol. The van der Waals surface area contributed by atoms with Gasteiger partial charge in [-0.1, -0.05) is 0 Å². The SMILES string of the molecule is Cn1cc(CCNc2ncc(Br)cc2Br)cn1. The lowest BCUT2D eigenvalue weighted by atomic mass is 10.2. The molecule has 17 heavy (non-hydrogen) atoms. The van der Waals surface area contributed by atoms with Crippen LogP contribution in [-0.4, -0.2) is 21.3 Å². The molecule has 0 unspecified atom stereocenters. The third kappa shape index (κ3) is 3.54. The molecule has 0 saturated heterocycles. The highest BCUT2D eigenvalue weighted by molar-refractivity contribution is 9.11. The van der Waals surface area contributed by atoms with E-state index in [1.807, 2.05) is 30.2 Å². The van der Waals surface area contributed by atoms with Crippen molar-refractivity contribution in [2.45, 2.75) is 6.42 Å². The van der Waals surface area contributed by atoms with Crippen LogP contribution in [0, 0.1) is 0 Å². The minimum Gasteiger partial charge on any atom is -0.369 e. The monoisotopic (exact) mass is 358 g/mol. The number of aryl methyl sites for hydroxylation is 1. The van der Waals surface area contributed by atoms with Crippen LogP contribution in [0.5, 0.6) is 0 Å². The summed E-state index contributed by atoms with van der Waals surface area (Å²) in [5.41, 5.74) is 1.22. The summed E-state index contributed by atoms with van der Waals surface area (Å²) in [5, 5.41) is 7.41. The smallest absolute Gasteiger partial charge is 0.140 e. The molecule has 90 valence electrons. The molecule has 2 aromatic rings. The maximum absolute atomic E-state index is 4.29. The van der Waals surface area contributed by atoms with Crippen molar-refractivity contribution in [2.24, 2.45) is 7.05 Å². The third-order valence-corrected chi connectivity index (χ3v) is 3.31. The van der Waals surface area contributed by atoms with Gasteiger partial charge in [-0.3, -0.25) is 4.68 Å². The van der Waals surface area contributed by atoms with Crippen molar-refractivity contribution in [3.8, 4) is 0 Å². The highest BCUT2D eigenvalue weighted by atomic mass is 79.9. The first-order valence-electron chi connectivity index (χ1n) is 5.17. The number of rotatable bonds is 4. The Balaban J connectivity index is 1.90. The van der Waals surface area contributed by atoms with Crippen LogP contribution < -0.4 is 5.32 Å². The van der Waals surface area contributed by atoms with Crippen molar-refractivity contribution in [3.05, 3.63) is 39.2 Å². The molecule has 4 nitrogen and oxygen atoms in total. The van der Waals surface area contributed by atoms with Crippen LogP contribution in [0.4, 0.5) is 5.82 Å². The van der Waals surface area contributed by atoms with Gasteiger partial charge in [0.25, 0.3) is 0 Å². The molecule has 0 aliphatic rings. The molecular formula is C11H12Br2N4. The Labute approximate surface area is 117 Å². The summed E-state index contributed by atoms with van der Waals surface area (Å²) in [4.78, 5) is 4.29. The minimum absolute atomic E-state index is 0.832. The van der Waals surface area contributed by atoms with Crippen LogP contribution in [0.15, 0.2) is 33.6 Å². The Bertz CT molecular complexity index is 510. The number of halogens is 2. The average Bonchev–Trinajstić information content (AvgIpc) is 2.68. The quantitative estimate of drug-likeness (QED) is 0.912. The van der Waals surface area contributed by atoms with Gasteiger partial charge in [0, 0.05) is 30.5 Å². The number of nitrogens with zero attached hydrogens (tertiary/aromatic N) is 3. The van der Waals surface area contributed by atoms with E-state index in [9.17, 15) is 0 Å². The van der Waals surface area contributed by atoms with Crippen molar-refractivity contribution < 1.29 is 0 Å². The van der Waals surface area contributed by atoms with E-state index < -0.39 is 0 Å². The molecule has 0 fully saturated rings. The molecule has 0 aromatic carbocycles. The molecule has 2 rings (SSSR count). The molecule has 0 amide bonds. The molecule has 1 N–H and O–H groups in total. The van der Waals surface area contributed by atoms with E-state index in [4.69, 9.17) is 0 Å². The average molecular weight is 360 g/mol. The Hall–Kier alpha value is -0.880. The van der Waals surface area contributed by atoms with Crippen LogP contribution in [0.2, 0.25) is 0 Å². The lowest BCUT2D eigenvalue weighted by Crippen LogP contribution is -2.06. The maximum atomic E-state index is 4.29. The molecule has 0 bridgehead atoms. The van der Waals surface area contributed by atoms with E-state index in [1.165, 1.54) is 5.56 Å². The fourth-order valence-corrected chi connectivity index (χ4v) is 2.60. The van der Waals surface area contributed by atoms with Gasteiger partial charge in [0.2, 0.25) is 0 Å². The van der Waals surface area contributed by atoms with Gasteiger partial charge in [0.05, 0.1) is 10.7 Å². The summed E-state index contributed by atoms with van der Waals surface area (Å²) in [5.74, 6) is 0.858. The Kier molecular flexibility index (Phi) is 4.17. The second-order valence-electron chi connectivity index (χ2n) is 3.68. The molecule has 6 heteroatoms. The summed E-state index contributed by atoms with van der Waals surface area (Å²) in [6.45, 7) is 0.832. The zero-order valence-electron chi connectivity index (χ0n) is 9.32. The maximum Gasteiger partial charge on any atom is 0.140 e. The van der Waals surface area contributed by atoms with Crippen molar-refractivity contribution in [1.29, 1.82) is 0 Å². The van der Waals surface area contributed by atoms with Gasteiger partial charge in [-0.2, -0.15) is 5.10 Å². The first kappa shape index (κ1) is 12.6. The number of nitrogens with one attached hydrogen (secondary N) is 1. The molecular weight excluding hydrogens is 348 g/mol. The van der Waals surface area contributed by atoms with Crippen LogP contribution in [0.25, 0.3) is 0 Å². The number of hydrogen-bond acceptors (Lipinski definition) is 3. The second kappa shape index (κ2) is 5.64. The van der Waals surface area contributed by atoms with E-state index in [2.05, 4.69) is 47.3 Å². The van der Waals surface area contributed by atoms with Crippen molar-refractivity contribution in [2.75, 3.05) is 11.9 Å². The number of hydrogen-bond donors (Lipinski definition) is 1. The van der Waals surface area contributed by atoms with Gasteiger partial charge in [-0.25, -0.2) is 4.98 Å². The summed E-state index contributed by atoms with van der Waals surface area (Å²) < 4.78 is 3.73. The zero-order valence-corrected chi connectivity index (χ0v) is 12.5. The largest absolute Gasteiger partial charge is 0.369 e. The highest BCUT2D eigenvalue weighted by Gasteiger charge is 2.02. The van der Waals surface area contributed by atoms with Gasteiger partial charge < -0.3 is 5.32 Å². The van der Waals surface area contributed by atoms with Crippen LogP contribution in [-0.2, 0) is 13.5 Å².